The zero-order valence-corrected chi connectivity index (χ0v) is 12.2. The predicted molar refractivity (Wildman–Crippen MR) is 76.9 cm³/mol. The Morgan fingerprint density at radius 3 is 2.76 bits per heavy atom. The molecular formula is C13H21N5O3. The summed E-state index contributed by atoms with van der Waals surface area (Å²) in [4.78, 5) is 15.3. The lowest BCUT2D eigenvalue weighted by molar-refractivity contribution is 0.121. The number of ether oxygens (including phenoxy) is 3. The van der Waals surface area contributed by atoms with Gasteiger partial charge in [-0.1, -0.05) is 0 Å². The quantitative estimate of drug-likeness (QED) is 0.831. The van der Waals surface area contributed by atoms with Crippen LogP contribution in [0.15, 0.2) is 0 Å². The fourth-order valence-corrected chi connectivity index (χ4v) is 2.30. The van der Waals surface area contributed by atoms with Gasteiger partial charge in [-0.3, -0.25) is 0 Å². The second-order valence-corrected chi connectivity index (χ2v) is 4.97. The number of nitrogens with one attached hydrogen (secondary N) is 1. The lowest BCUT2D eigenvalue weighted by Crippen LogP contribution is -2.37. The van der Waals surface area contributed by atoms with Crippen molar-refractivity contribution >= 4 is 11.9 Å². The maximum absolute atomic E-state index is 5.81. The second kappa shape index (κ2) is 6.86. The van der Waals surface area contributed by atoms with Gasteiger partial charge in [0, 0.05) is 26.1 Å². The van der Waals surface area contributed by atoms with Crippen LogP contribution in [-0.2, 0) is 9.47 Å². The van der Waals surface area contributed by atoms with Crippen LogP contribution < -0.4 is 15.0 Å². The number of hydrogen-bond donors (Lipinski definition) is 1. The largest absolute Gasteiger partial charge is 0.457 e. The van der Waals surface area contributed by atoms with Gasteiger partial charge in [0.25, 0.3) is 0 Å². The van der Waals surface area contributed by atoms with Gasteiger partial charge in [-0.25, -0.2) is 0 Å². The summed E-state index contributed by atoms with van der Waals surface area (Å²) in [5, 5.41) is 3.12. The van der Waals surface area contributed by atoms with Crippen LogP contribution in [0.4, 0.5) is 11.9 Å². The van der Waals surface area contributed by atoms with Crippen molar-refractivity contribution in [3.05, 3.63) is 0 Å². The molecule has 21 heavy (non-hydrogen) atoms. The van der Waals surface area contributed by atoms with Gasteiger partial charge in [0.2, 0.25) is 11.9 Å². The van der Waals surface area contributed by atoms with Crippen LogP contribution in [-0.4, -0.2) is 67.1 Å². The Balaban J connectivity index is 1.78. The first kappa shape index (κ1) is 14.3. The highest BCUT2D eigenvalue weighted by Crippen LogP contribution is 2.19. The molecule has 8 heteroatoms. The minimum Gasteiger partial charge on any atom is -0.457 e. The Hall–Kier alpha value is -1.67. The zero-order chi connectivity index (χ0) is 14.5. The first-order chi connectivity index (χ1) is 10.3. The number of rotatable bonds is 5. The molecule has 3 heterocycles. The van der Waals surface area contributed by atoms with Gasteiger partial charge in [0.05, 0.1) is 26.4 Å². The van der Waals surface area contributed by atoms with Gasteiger partial charge in [-0.15, -0.1) is 0 Å². The van der Waals surface area contributed by atoms with Crippen molar-refractivity contribution in [1.29, 1.82) is 0 Å². The van der Waals surface area contributed by atoms with Gasteiger partial charge in [-0.2, -0.15) is 15.0 Å². The average molecular weight is 295 g/mol. The molecule has 8 nitrogen and oxygen atoms in total. The Kier molecular flexibility index (Phi) is 4.66. The van der Waals surface area contributed by atoms with Gasteiger partial charge in [0.1, 0.15) is 6.10 Å². The fraction of sp³-hybridized carbons (Fsp3) is 0.769. The molecule has 0 saturated carbocycles. The minimum atomic E-state index is 0.0272. The second-order valence-electron chi connectivity index (χ2n) is 4.97. The maximum atomic E-state index is 5.81. The molecule has 0 aliphatic carbocycles. The van der Waals surface area contributed by atoms with Crippen LogP contribution in [0.5, 0.6) is 6.01 Å². The van der Waals surface area contributed by atoms with E-state index < -0.39 is 0 Å². The summed E-state index contributed by atoms with van der Waals surface area (Å²) in [6.07, 6.45) is 0.897. The third-order valence-corrected chi connectivity index (χ3v) is 3.39. The van der Waals surface area contributed by atoms with E-state index in [1.807, 2.05) is 6.92 Å². The number of nitrogens with zero attached hydrogens (tertiary/aromatic N) is 4. The molecule has 1 aromatic heterocycles. The molecule has 2 fully saturated rings. The number of aromatic nitrogens is 3. The lowest BCUT2D eigenvalue weighted by atomic mass is 10.3. The SMILES string of the molecule is CCNc1nc(OC2CCOC2)nc(N2CCOCC2)n1. The summed E-state index contributed by atoms with van der Waals surface area (Å²) < 4.78 is 16.5. The van der Waals surface area contributed by atoms with Crippen molar-refractivity contribution in [3.63, 3.8) is 0 Å². The maximum Gasteiger partial charge on any atom is 0.323 e. The fourth-order valence-electron chi connectivity index (χ4n) is 2.30. The molecule has 0 amide bonds. The van der Waals surface area contributed by atoms with Crippen molar-refractivity contribution in [3.8, 4) is 6.01 Å². The highest BCUT2D eigenvalue weighted by Gasteiger charge is 2.21. The van der Waals surface area contributed by atoms with E-state index in [-0.39, 0.29) is 6.10 Å². The monoisotopic (exact) mass is 295 g/mol. The van der Waals surface area contributed by atoms with E-state index in [2.05, 4.69) is 25.2 Å². The highest BCUT2D eigenvalue weighted by molar-refractivity contribution is 5.38. The van der Waals surface area contributed by atoms with Gasteiger partial charge in [-0.05, 0) is 6.92 Å². The summed E-state index contributed by atoms with van der Waals surface area (Å²) in [7, 11) is 0. The van der Waals surface area contributed by atoms with Crippen LogP contribution in [0.1, 0.15) is 13.3 Å². The first-order valence-corrected chi connectivity index (χ1v) is 7.42. The van der Waals surface area contributed by atoms with Crippen LogP contribution in [0.3, 0.4) is 0 Å². The molecule has 2 aliphatic heterocycles. The number of morpholine rings is 1. The summed E-state index contributed by atoms with van der Waals surface area (Å²) >= 11 is 0. The topological polar surface area (TPSA) is 81.6 Å². The molecule has 1 unspecified atom stereocenters. The highest BCUT2D eigenvalue weighted by atomic mass is 16.6. The van der Waals surface area contributed by atoms with Gasteiger partial charge >= 0.3 is 6.01 Å². The smallest absolute Gasteiger partial charge is 0.323 e. The van der Waals surface area contributed by atoms with Crippen LogP contribution in [0.25, 0.3) is 0 Å². The van der Waals surface area contributed by atoms with Crippen LogP contribution in [0, 0.1) is 0 Å². The Morgan fingerprint density at radius 2 is 2.05 bits per heavy atom. The van der Waals surface area contributed by atoms with E-state index in [0.29, 0.717) is 37.7 Å². The standard InChI is InChI=1S/C13H21N5O3/c1-2-14-11-15-12(18-4-7-19-8-5-18)17-13(16-11)21-10-3-6-20-9-10/h10H,2-9H2,1H3,(H,14,15,16,17). The van der Waals surface area contributed by atoms with E-state index in [9.17, 15) is 0 Å². The molecule has 0 bridgehead atoms. The molecule has 116 valence electrons. The van der Waals surface area contributed by atoms with Gasteiger partial charge < -0.3 is 24.4 Å². The van der Waals surface area contributed by atoms with Crippen molar-refractivity contribution < 1.29 is 14.2 Å². The molecule has 1 N–H and O–H groups in total. The third-order valence-electron chi connectivity index (χ3n) is 3.39. The Morgan fingerprint density at radius 1 is 1.19 bits per heavy atom. The van der Waals surface area contributed by atoms with Crippen molar-refractivity contribution in [2.24, 2.45) is 0 Å². The van der Waals surface area contributed by atoms with Gasteiger partial charge in [0.15, 0.2) is 0 Å². The number of anilines is 2. The molecule has 0 aromatic carbocycles. The summed E-state index contributed by atoms with van der Waals surface area (Å²) in [5.41, 5.74) is 0. The lowest BCUT2D eigenvalue weighted by Gasteiger charge is -2.27. The van der Waals surface area contributed by atoms with E-state index in [4.69, 9.17) is 14.2 Å². The predicted octanol–water partition coefficient (Wildman–Crippen LogP) is 0.308. The summed E-state index contributed by atoms with van der Waals surface area (Å²) in [6.45, 7) is 7.01. The van der Waals surface area contributed by atoms with E-state index >= 15 is 0 Å². The van der Waals surface area contributed by atoms with Crippen molar-refractivity contribution in [1.82, 2.24) is 15.0 Å². The molecule has 3 rings (SSSR count). The molecule has 0 spiro atoms. The summed E-state index contributed by atoms with van der Waals surface area (Å²) in [6, 6.07) is 0.359. The molecule has 2 saturated heterocycles. The van der Waals surface area contributed by atoms with Crippen LogP contribution in [0.2, 0.25) is 0 Å². The third kappa shape index (κ3) is 3.70. The van der Waals surface area contributed by atoms with E-state index in [0.717, 1.165) is 32.7 Å². The van der Waals surface area contributed by atoms with Crippen molar-refractivity contribution in [2.45, 2.75) is 19.4 Å². The van der Waals surface area contributed by atoms with E-state index in [1.165, 1.54) is 0 Å². The summed E-state index contributed by atoms with van der Waals surface area (Å²) in [5.74, 6) is 1.18. The first-order valence-electron chi connectivity index (χ1n) is 7.42. The molecule has 1 atom stereocenters. The van der Waals surface area contributed by atoms with Crippen LogP contribution >= 0.6 is 0 Å². The molecule has 1 aromatic rings. The Labute approximate surface area is 123 Å². The average Bonchev–Trinajstić information content (AvgIpc) is 3.01. The Bertz CT molecular complexity index is 461. The zero-order valence-electron chi connectivity index (χ0n) is 12.2. The minimum absolute atomic E-state index is 0.0272. The molecule has 2 aliphatic rings. The number of hydrogen-bond acceptors (Lipinski definition) is 8. The van der Waals surface area contributed by atoms with Crippen molar-refractivity contribution in [2.75, 3.05) is 56.3 Å². The molecule has 0 radical (unpaired) electrons. The molecular weight excluding hydrogens is 274 g/mol. The normalized spacial score (nSPS) is 22.3. The van der Waals surface area contributed by atoms with E-state index in [1.54, 1.807) is 0 Å².